The zero-order chi connectivity index (χ0) is 29.5. The second kappa shape index (κ2) is 10.9. The quantitative estimate of drug-likeness (QED) is 0.361. The number of carbonyl (C=O) groups excluding carboxylic acids is 3. The maximum Gasteiger partial charge on any atom is 0.309 e. The smallest absolute Gasteiger partial charge is 0.309 e. The van der Waals surface area contributed by atoms with Gasteiger partial charge in [-0.25, -0.2) is 4.99 Å². The van der Waals surface area contributed by atoms with Crippen molar-refractivity contribution in [2.75, 3.05) is 17.7 Å². The molecule has 2 aliphatic heterocycles. The van der Waals surface area contributed by atoms with Gasteiger partial charge in [-0.15, -0.1) is 0 Å². The number of anilines is 2. The Hall–Kier alpha value is -4.00. The molecule has 0 aliphatic carbocycles. The predicted octanol–water partition coefficient (Wildman–Crippen LogP) is 2.69. The van der Waals surface area contributed by atoms with Crippen molar-refractivity contribution in [2.45, 2.75) is 72.5 Å². The summed E-state index contributed by atoms with van der Waals surface area (Å²) in [5.74, 6) is -2.42. The maximum atomic E-state index is 13.0. The largest absolute Gasteiger partial charge is 0.463 e. The van der Waals surface area contributed by atoms with Gasteiger partial charge in [0.2, 0.25) is 0 Å². The first-order valence-electron chi connectivity index (χ1n) is 13.1. The van der Waals surface area contributed by atoms with Gasteiger partial charge in [-0.1, -0.05) is 41.5 Å². The van der Waals surface area contributed by atoms with E-state index in [4.69, 9.17) is 24.7 Å². The van der Waals surface area contributed by atoms with Crippen LogP contribution in [0.4, 0.5) is 17.3 Å². The lowest BCUT2D eigenvalue weighted by Gasteiger charge is -2.36. The molecule has 0 saturated carbocycles. The molecular formula is C27H35N5O8. The van der Waals surface area contributed by atoms with Crippen LogP contribution in [0, 0.1) is 17.8 Å². The molecule has 4 rings (SSSR count). The summed E-state index contributed by atoms with van der Waals surface area (Å²) in [4.78, 5) is 58.9. The molecule has 0 aromatic carbocycles. The van der Waals surface area contributed by atoms with Crippen LogP contribution in [0.5, 0.6) is 0 Å². The Labute approximate surface area is 231 Å². The maximum absolute atomic E-state index is 13.0. The lowest BCUT2D eigenvalue weighted by molar-refractivity contribution is -0.191. The van der Waals surface area contributed by atoms with E-state index in [0.29, 0.717) is 16.6 Å². The van der Waals surface area contributed by atoms with Gasteiger partial charge in [0.05, 0.1) is 29.5 Å². The van der Waals surface area contributed by atoms with Crippen molar-refractivity contribution in [1.29, 1.82) is 0 Å². The SMILES string of the molecule is CC(C)C(=O)OC[C@H]1O[C@@H](n2cc3c(N)cc(=O)nc4c3c2N=CN4)[C@](C)(OC(=O)C(C)C)[C@@H]1OC(=O)C(C)C. The molecule has 1 fully saturated rings. The van der Waals surface area contributed by atoms with E-state index in [1.165, 1.54) is 12.4 Å². The molecular weight excluding hydrogens is 522 g/mol. The van der Waals surface area contributed by atoms with Crippen LogP contribution in [-0.2, 0) is 33.3 Å². The molecule has 0 spiro atoms. The highest BCUT2D eigenvalue weighted by Gasteiger charge is 2.61. The Morgan fingerprint density at radius 2 is 1.75 bits per heavy atom. The van der Waals surface area contributed by atoms with E-state index >= 15 is 0 Å². The Bertz CT molecular complexity index is 1430. The fourth-order valence-corrected chi connectivity index (χ4v) is 4.52. The van der Waals surface area contributed by atoms with Crippen LogP contribution in [-0.4, -0.2) is 58.2 Å². The molecule has 13 nitrogen and oxygen atoms in total. The van der Waals surface area contributed by atoms with Crippen LogP contribution >= 0.6 is 0 Å². The number of hydrogen-bond donors (Lipinski definition) is 2. The van der Waals surface area contributed by atoms with Crippen molar-refractivity contribution in [3.05, 3.63) is 22.6 Å². The van der Waals surface area contributed by atoms with Gasteiger partial charge in [0, 0.05) is 23.3 Å². The van der Waals surface area contributed by atoms with Crippen LogP contribution in [0.2, 0.25) is 0 Å². The number of aliphatic imine (C=N–C) groups is 1. The first-order chi connectivity index (χ1) is 18.7. The number of nitrogens with one attached hydrogen (secondary N) is 1. The van der Waals surface area contributed by atoms with Gasteiger partial charge in [0.25, 0.3) is 5.56 Å². The van der Waals surface area contributed by atoms with Crippen LogP contribution in [0.1, 0.15) is 54.7 Å². The fourth-order valence-electron chi connectivity index (χ4n) is 4.52. The molecule has 4 heterocycles. The van der Waals surface area contributed by atoms with Crippen molar-refractivity contribution < 1.29 is 33.3 Å². The van der Waals surface area contributed by atoms with E-state index < -0.39 is 65.3 Å². The first-order valence-corrected chi connectivity index (χ1v) is 13.1. The summed E-state index contributed by atoms with van der Waals surface area (Å²) in [7, 11) is 0. The molecule has 2 aliphatic rings. The van der Waals surface area contributed by atoms with Crippen LogP contribution in [0.3, 0.4) is 0 Å². The summed E-state index contributed by atoms with van der Waals surface area (Å²) in [6.45, 7) is 11.4. The van der Waals surface area contributed by atoms with Gasteiger partial charge in [-0.05, 0) is 6.92 Å². The van der Waals surface area contributed by atoms with Gasteiger partial charge in [-0.2, -0.15) is 4.98 Å². The molecule has 0 radical (unpaired) electrons. The highest BCUT2D eigenvalue weighted by atomic mass is 16.7. The second-order valence-electron chi connectivity index (χ2n) is 11.0. The lowest BCUT2D eigenvalue weighted by atomic mass is 9.95. The van der Waals surface area contributed by atoms with Crippen molar-refractivity contribution >= 4 is 52.3 Å². The number of nitrogens with two attached hydrogens (primary N) is 1. The van der Waals surface area contributed by atoms with Crippen molar-refractivity contribution in [3.63, 3.8) is 0 Å². The van der Waals surface area contributed by atoms with E-state index in [1.807, 2.05) is 0 Å². The first kappa shape index (κ1) is 29.0. The highest BCUT2D eigenvalue weighted by Crippen LogP contribution is 2.48. The summed E-state index contributed by atoms with van der Waals surface area (Å²) < 4.78 is 25.4. The van der Waals surface area contributed by atoms with Gasteiger partial charge >= 0.3 is 17.9 Å². The van der Waals surface area contributed by atoms with Crippen LogP contribution in [0.25, 0.3) is 10.8 Å². The number of aromatic nitrogens is 2. The van der Waals surface area contributed by atoms with Crippen LogP contribution in [0.15, 0.2) is 22.1 Å². The minimum atomic E-state index is -1.60. The molecule has 13 heteroatoms. The fraction of sp³-hybridized carbons (Fsp3) is 0.556. The molecule has 40 heavy (non-hydrogen) atoms. The topological polar surface area (TPSA) is 173 Å². The van der Waals surface area contributed by atoms with Crippen molar-refractivity contribution in [3.8, 4) is 0 Å². The molecule has 1 saturated heterocycles. The predicted molar refractivity (Wildman–Crippen MR) is 146 cm³/mol. The zero-order valence-corrected chi connectivity index (χ0v) is 23.6. The Balaban J connectivity index is 1.90. The summed E-state index contributed by atoms with van der Waals surface area (Å²) in [5.41, 5.74) is 4.25. The summed E-state index contributed by atoms with van der Waals surface area (Å²) in [6, 6.07) is 1.20. The average molecular weight is 558 g/mol. The number of nitrogen functional groups attached to an aromatic ring is 1. The van der Waals surface area contributed by atoms with Crippen LogP contribution < -0.4 is 16.6 Å². The van der Waals surface area contributed by atoms with Crippen molar-refractivity contribution in [1.82, 2.24) is 9.55 Å². The minimum Gasteiger partial charge on any atom is -0.463 e. The van der Waals surface area contributed by atoms with E-state index in [9.17, 15) is 19.2 Å². The number of nitrogens with zero attached hydrogens (tertiary/aromatic N) is 3. The Kier molecular flexibility index (Phi) is 7.88. The molecule has 216 valence electrons. The molecule has 2 aromatic rings. The third kappa shape index (κ3) is 5.25. The number of ether oxygens (including phenoxy) is 4. The molecule has 4 atom stereocenters. The summed E-state index contributed by atoms with van der Waals surface area (Å²) >= 11 is 0. The Morgan fingerprint density at radius 3 is 2.38 bits per heavy atom. The van der Waals surface area contributed by atoms with E-state index in [-0.39, 0.29) is 18.1 Å². The third-order valence-electron chi connectivity index (χ3n) is 6.76. The van der Waals surface area contributed by atoms with Gasteiger partial charge in [0.1, 0.15) is 24.3 Å². The van der Waals surface area contributed by atoms with E-state index in [1.54, 1.807) is 59.2 Å². The molecule has 0 bridgehead atoms. The number of rotatable bonds is 8. The van der Waals surface area contributed by atoms with E-state index in [2.05, 4.69) is 15.3 Å². The molecule has 3 N–H and O–H groups in total. The number of carbonyl (C=O) groups is 3. The zero-order valence-electron chi connectivity index (χ0n) is 23.6. The summed E-state index contributed by atoms with van der Waals surface area (Å²) in [6.07, 6.45) is -0.281. The Morgan fingerprint density at radius 1 is 1.10 bits per heavy atom. The summed E-state index contributed by atoms with van der Waals surface area (Å²) in [5, 5.41) is 3.77. The molecule has 2 aromatic heterocycles. The van der Waals surface area contributed by atoms with Crippen molar-refractivity contribution in [2.24, 2.45) is 22.7 Å². The number of esters is 3. The highest BCUT2D eigenvalue weighted by molar-refractivity contribution is 6.10. The standard InChI is InChI=1S/C27H35N5O8/c1-12(2)23(34)37-10-17-20(39-24(35)13(3)4)27(7,40-25(36)14(5)6)26(38-17)32-9-15-16(28)8-18(33)31-21-19(15)22(32)30-11-29-21/h8-9,11-14,17,20,26H,10,28H2,1-7H3,(H,29,30,31,33)/t17-,20-,26-,27-/m1/s1. The second-order valence-corrected chi connectivity index (χ2v) is 11.0. The van der Waals surface area contributed by atoms with E-state index in [0.717, 1.165) is 0 Å². The third-order valence-corrected chi connectivity index (χ3v) is 6.76. The minimum absolute atomic E-state index is 0.154. The molecule has 0 unspecified atom stereocenters. The van der Waals surface area contributed by atoms with Gasteiger partial charge in [-0.3, -0.25) is 19.2 Å². The average Bonchev–Trinajstić information content (AvgIpc) is 3.34. The van der Waals surface area contributed by atoms with Gasteiger partial charge < -0.3 is 34.6 Å². The monoisotopic (exact) mass is 557 g/mol. The molecule has 0 amide bonds. The lowest BCUT2D eigenvalue weighted by Crippen LogP contribution is -2.51. The normalized spacial score (nSPS) is 23.5. The van der Waals surface area contributed by atoms with Gasteiger partial charge in [0.15, 0.2) is 17.9 Å². The number of hydrogen-bond acceptors (Lipinski definition) is 12.